The highest BCUT2D eigenvalue weighted by atomic mass is 15.0. The van der Waals surface area contributed by atoms with Crippen LogP contribution in [0.1, 0.15) is 19.8 Å². The van der Waals surface area contributed by atoms with E-state index >= 15 is 0 Å². The Morgan fingerprint density at radius 2 is 2.33 bits per heavy atom. The number of hydrogen-bond donors (Lipinski definition) is 2. The molecule has 0 radical (unpaired) electrons. The summed E-state index contributed by atoms with van der Waals surface area (Å²) in [5, 5.41) is 3.20. The lowest BCUT2D eigenvalue weighted by Crippen LogP contribution is -2.03. The van der Waals surface area contributed by atoms with Crippen molar-refractivity contribution < 1.29 is 0 Å². The fourth-order valence-electron chi connectivity index (χ4n) is 0.943. The van der Waals surface area contributed by atoms with Crippen molar-refractivity contribution in [3.05, 3.63) is 18.2 Å². The number of pyridine rings is 1. The molecule has 0 atom stereocenters. The molecular formula is C9H15N3. The molecule has 3 heteroatoms. The number of unbranched alkanes of at least 4 members (excludes halogenated alkanes) is 1. The Kier molecular flexibility index (Phi) is 3.38. The van der Waals surface area contributed by atoms with Crippen molar-refractivity contribution in [3.8, 4) is 0 Å². The Bertz CT molecular complexity index is 235. The molecule has 0 aliphatic rings. The molecule has 3 nitrogen and oxygen atoms in total. The van der Waals surface area contributed by atoms with Gasteiger partial charge in [-0.15, -0.1) is 0 Å². The van der Waals surface area contributed by atoms with Crippen LogP contribution in [-0.2, 0) is 0 Å². The number of anilines is 2. The monoisotopic (exact) mass is 165 g/mol. The number of nitrogens with two attached hydrogens (primary N) is 1. The maximum absolute atomic E-state index is 5.51. The van der Waals surface area contributed by atoms with Crippen LogP contribution in [0.4, 0.5) is 11.6 Å². The number of hydrogen-bond acceptors (Lipinski definition) is 3. The molecule has 0 aliphatic heterocycles. The Morgan fingerprint density at radius 3 is 3.00 bits per heavy atom. The quantitative estimate of drug-likeness (QED) is 0.670. The van der Waals surface area contributed by atoms with E-state index in [0.717, 1.165) is 18.8 Å². The van der Waals surface area contributed by atoms with Gasteiger partial charge in [-0.1, -0.05) is 19.4 Å². The number of rotatable bonds is 4. The Hall–Kier alpha value is -1.25. The third-order valence-electron chi connectivity index (χ3n) is 1.61. The van der Waals surface area contributed by atoms with Gasteiger partial charge < -0.3 is 11.1 Å². The molecule has 0 spiro atoms. The van der Waals surface area contributed by atoms with Gasteiger partial charge >= 0.3 is 0 Å². The van der Waals surface area contributed by atoms with Crippen LogP contribution < -0.4 is 11.1 Å². The van der Waals surface area contributed by atoms with E-state index in [4.69, 9.17) is 5.73 Å². The summed E-state index contributed by atoms with van der Waals surface area (Å²) in [7, 11) is 0. The van der Waals surface area contributed by atoms with Crippen LogP contribution in [0.25, 0.3) is 0 Å². The van der Waals surface area contributed by atoms with E-state index < -0.39 is 0 Å². The summed E-state index contributed by atoms with van der Waals surface area (Å²) in [5.74, 6) is 1.43. The summed E-state index contributed by atoms with van der Waals surface area (Å²) >= 11 is 0. The summed E-state index contributed by atoms with van der Waals surface area (Å²) in [4.78, 5) is 4.11. The van der Waals surface area contributed by atoms with Crippen molar-refractivity contribution in [3.63, 3.8) is 0 Å². The molecule has 0 amide bonds. The third-order valence-corrected chi connectivity index (χ3v) is 1.61. The van der Waals surface area contributed by atoms with Gasteiger partial charge in [0, 0.05) is 6.54 Å². The standard InChI is InChI=1S/C9H15N3/c1-2-3-7-11-9-6-4-5-8(10)12-9/h4-6H,2-3,7H2,1H3,(H3,10,11,12). The molecule has 3 N–H and O–H groups in total. The van der Waals surface area contributed by atoms with Crippen molar-refractivity contribution >= 4 is 11.6 Å². The zero-order valence-electron chi connectivity index (χ0n) is 7.38. The molecule has 0 saturated heterocycles. The van der Waals surface area contributed by atoms with Crippen molar-refractivity contribution in [2.75, 3.05) is 17.6 Å². The van der Waals surface area contributed by atoms with Gasteiger partial charge in [0.25, 0.3) is 0 Å². The van der Waals surface area contributed by atoms with Crippen molar-refractivity contribution in [1.29, 1.82) is 0 Å². The minimum atomic E-state index is 0.566. The fourth-order valence-corrected chi connectivity index (χ4v) is 0.943. The second kappa shape index (κ2) is 4.59. The van der Waals surface area contributed by atoms with Crippen LogP contribution in [-0.4, -0.2) is 11.5 Å². The van der Waals surface area contributed by atoms with Crippen LogP contribution in [0.15, 0.2) is 18.2 Å². The molecule has 0 unspecified atom stereocenters. The lowest BCUT2D eigenvalue weighted by molar-refractivity contribution is 0.831. The lowest BCUT2D eigenvalue weighted by Gasteiger charge is -2.03. The predicted molar refractivity (Wildman–Crippen MR) is 52.0 cm³/mol. The largest absolute Gasteiger partial charge is 0.384 e. The van der Waals surface area contributed by atoms with Gasteiger partial charge in [0.2, 0.25) is 0 Å². The smallest absolute Gasteiger partial charge is 0.128 e. The number of nitrogens with zero attached hydrogens (tertiary/aromatic N) is 1. The molecule has 66 valence electrons. The summed E-state index contributed by atoms with van der Waals surface area (Å²) in [5.41, 5.74) is 5.51. The van der Waals surface area contributed by atoms with Gasteiger partial charge in [-0.2, -0.15) is 0 Å². The van der Waals surface area contributed by atoms with E-state index in [2.05, 4.69) is 17.2 Å². The molecule has 0 aliphatic carbocycles. The molecule has 1 heterocycles. The molecule has 0 aromatic carbocycles. The average Bonchev–Trinajstić information content (AvgIpc) is 2.05. The highest BCUT2D eigenvalue weighted by Gasteiger charge is 1.91. The maximum atomic E-state index is 5.51. The zero-order chi connectivity index (χ0) is 8.81. The summed E-state index contributed by atoms with van der Waals surface area (Å²) in [6.45, 7) is 3.13. The first-order chi connectivity index (χ1) is 5.83. The number of aromatic nitrogens is 1. The normalized spacial score (nSPS) is 9.75. The predicted octanol–water partition coefficient (Wildman–Crippen LogP) is 1.88. The van der Waals surface area contributed by atoms with Gasteiger partial charge in [0.05, 0.1) is 0 Å². The Morgan fingerprint density at radius 1 is 1.50 bits per heavy atom. The summed E-state index contributed by atoms with van der Waals surface area (Å²) < 4.78 is 0. The number of nitrogens with one attached hydrogen (secondary N) is 1. The van der Waals surface area contributed by atoms with E-state index in [1.54, 1.807) is 6.07 Å². The minimum absolute atomic E-state index is 0.566. The molecule has 0 fully saturated rings. The SMILES string of the molecule is CCCCNc1cccc(N)n1. The van der Waals surface area contributed by atoms with Gasteiger partial charge in [-0.05, 0) is 18.6 Å². The number of nitrogen functional groups attached to an aromatic ring is 1. The van der Waals surface area contributed by atoms with Crippen molar-refractivity contribution in [2.45, 2.75) is 19.8 Å². The molecule has 1 aromatic heterocycles. The first-order valence-corrected chi connectivity index (χ1v) is 4.29. The average molecular weight is 165 g/mol. The Balaban J connectivity index is 2.41. The first kappa shape index (κ1) is 8.84. The van der Waals surface area contributed by atoms with Gasteiger partial charge in [-0.25, -0.2) is 4.98 Å². The highest BCUT2D eigenvalue weighted by Crippen LogP contribution is 2.05. The lowest BCUT2D eigenvalue weighted by atomic mass is 10.3. The van der Waals surface area contributed by atoms with Crippen molar-refractivity contribution in [1.82, 2.24) is 4.98 Å². The first-order valence-electron chi connectivity index (χ1n) is 4.29. The second-order valence-corrected chi connectivity index (χ2v) is 2.73. The summed E-state index contributed by atoms with van der Waals surface area (Å²) in [6.07, 6.45) is 2.35. The Labute approximate surface area is 73.0 Å². The minimum Gasteiger partial charge on any atom is -0.384 e. The van der Waals surface area contributed by atoms with E-state index in [-0.39, 0.29) is 0 Å². The van der Waals surface area contributed by atoms with Crippen LogP contribution in [0.3, 0.4) is 0 Å². The van der Waals surface area contributed by atoms with Crippen LogP contribution in [0, 0.1) is 0 Å². The molecule has 1 rings (SSSR count). The molecule has 12 heavy (non-hydrogen) atoms. The van der Waals surface area contributed by atoms with E-state index in [1.807, 2.05) is 12.1 Å². The van der Waals surface area contributed by atoms with E-state index in [0.29, 0.717) is 5.82 Å². The zero-order valence-corrected chi connectivity index (χ0v) is 7.38. The third kappa shape index (κ3) is 2.78. The van der Waals surface area contributed by atoms with Crippen LogP contribution in [0.2, 0.25) is 0 Å². The van der Waals surface area contributed by atoms with Crippen LogP contribution in [0.5, 0.6) is 0 Å². The van der Waals surface area contributed by atoms with Crippen LogP contribution >= 0.6 is 0 Å². The summed E-state index contributed by atoms with van der Waals surface area (Å²) in [6, 6.07) is 5.60. The van der Waals surface area contributed by atoms with Gasteiger partial charge in [0.15, 0.2) is 0 Å². The molecule has 0 bridgehead atoms. The van der Waals surface area contributed by atoms with Gasteiger partial charge in [-0.3, -0.25) is 0 Å². The molecule has 1 aromatic rings. The van der Waals surface area contributed by atoms with E-state index in [9.17, 15) is 0 Å². The van der Waals surface area contributed by atoms with E-state index in [1.165, 1.54) is 6.42 Å². The molecular weight excluding hydrogens is 150 g/mol. The second-order valence-electron chi connectivity index (χ2n) is 2.73. The topological polar surface area (TPSA) is 50.9 Å². The fraction of sp³-hybridized carbons (Fsp3) is 0.444. The van der Waals surface area contributed by atoms with Crippen molar-refractivity contribution in [2.24, 2.45) is 0 Å². The highest BCUT2D eigenvalue weighted by molar-refractivity contribution is 5.41. The van der Waals surface area contributed by atoms with Gasteiger partial charge in [0.1, 0.15) is 11.6 Å². The molecule has 0 saturated carbocycles. The maximum Gasteiger partial charge on any atom is 0.128 e.